The molecule has 0 spiro atoms. The maximum Gasteiger partial charge on any atom is 0.274 e. The lowest BCUT2D eigenvalue weighted by Gasteiger charge is -2.11. The molecule has 3 rings (SSSR count). The number of hydrogen-bond donors (Lipinski definition) is 2. The van der Waals surface area contributed by atoms with Gasteiger partial charge in [0.1, 0.15) is 5.82 Å². The van der Waals surface area contributed by atoms with Crippen molar-refractivity contribution in [1.29, 1.82) is 0 Å². The van der Waals surface area contributed by atoms with Gasteiger partial charge in [-0.2, -0.15) is 0 Å². The first kappa shape index (κ1) is 16.2. The van der Waals surface area contributed by atoms with Crippen LogP contribution in [0.15, 0.2) is 47.3 Å². The third-order valence-electron chi connectivity index (χ3n) is 3.77. The van der Waals surface area contributed by atoms with Gasteiger partial charge in [0.05, 0.1) is 17.4 Å². The number of aromatic nitrogens is 2. The third kappa shape index (κ3) is 3.02. The molecule has 0 saturated carbocycles. The van der Waals surface area contributed by atoms with E-state index in [-0.39, 0.29) is 5.56 Å². The van der Waals surface area contributed by atoms with E-state index < -0.39 is 5.91 Å². The summed E-state index contributed by atoms with van der Waals surface area (Å²) in [6, 6.07) is 11.6. The van der Waals surface area contributed by atoms with Crippen molar-refractivity contribution in [3.8, 4) is 0 Å². The zero-order valence-electron chi connectivity index (χ0n) is 12.8. The fourth-order valence-corrected chi connectivity index (χ4v) is 2.67. The number of hydrogen-bond acceptors (Lipinski definition) is 4. The number of halogens is 1. The standard InChI is InChI=1S/C17H14ClN3O3/c1-10-19-15-7-6-13(18)8-14(15)17(23)21(10)9-11-2-4-12(5-3-11)16(22)20-24/h2-8,24H,9H2,1H3,(H,20,22). The molecule has 1 amide bonds. The number of carbonyl (C=O) groups excluding carboxylic acids is 1. The molecule has 7 heteroatoms. The Labute approximate surface area is 142 Å². The minimum absolute atomic E-state index is 0.169. The Morgan fingerprint density at radius 2 is 1.96 bits per heavy atom. The number of carbonyl (C=O) groups is 1. The van der Waals surface area contributed by atoms with Crippen LogP contribution in [-0.4, -0.2) is 20.7 Å². The van der Waals surface area contributed by atoms with Gasteiger partial charge in [0.15, 0.2) is 0 Å². The van der Waals surface area contributed by atoms with Crippen LogP contribution < -0.4 is 11.0 Å². The molecule has 1 heterocycles. The van der Waals surface area contributed by atoms with E-state index in [4.69, 9.17) is 16.8 Å². The Balaban J connectivity index is 2.01. The Bertz CT molecular complexity index is 981. The number of hydroxylamine groups is 1. The summed E-state index contributed by atoms with van der Waals surface area (Å²) >= 11 is 5.97. The molecule has 122 valence electrons. The molecule has 0 atom stereocenters. The smallest absolute Gasteiger partial charge is 0.274 e. The van der Waals surface area contributed by atoms with E-state index in [0.29, 0.717) is 33.9 Å². The van der Waals surface area contributed by atoms with Crippen LogP contribution in [-0.2, 0) is 6.54 Å². The average molecular weight is 344 g/mol. The van der Waals surface area contributed by atoms with E-state index in [2.05, 4.69) is 4.98 Å². The summed E-state index contributed by atoms with van der Waals surface area (Å²) in [6.07, 6.45) is 0. The predicted molar refractivity (Wildman–Crippen MR) is 90.5 cm³/mol. The van der Waals surface area contributed by atoms with Gasteiger partial charge in [-0.05, 0) is 42.8 Å². The number of amides is 1. The van der Waals surface area contributed by atoms with Gasteiger partial charge in [0.25, 0.3) is 11.5 Å². The van der Waals surface area contributed by atoms with Crippen molar-refractivity contribution >= 4 is 28.4 Å². The third-order valence-corrected chi connectivity index (χ3v) is 4.00. The van der Waals surface area contributed by atoms with E-state index >= 15 is 0 Å². The van der Waals surface area contributed by atoms with Gasteiger partial charge >= 0.3 is 0 Å². The van der Waals surface area contributed by atoms with Gasteiger partial charge in [-0.15, -0.1) is 0 Å². The molecular formula is C17H14ClN3O3. The molecule has 2 N–H and O–H groups in total. The van der Waals surface area contributed by atoms with Crippen LogP contribution in [0.4, 0.5) is 0 Å². The molecule has 2 aromatic carbocycles. The molecule has 6 nitrogen and oxygen atoms in total. The fourth-order valence-electron chi connectivity index (χ4n) is 2.50. The summed E-state index contributed by atoms with van der Waals surface area (Å²) in [6.45, 7) is 2.09. The quantitative estimate of drug-likeness (QED) is 0.565. The fraction of sp³-hybridized carbons (Fsp3) is 0.118. The van der Waals surface area contributed by atoms with Crippen LogP contribution in [0.25, 0.3) is 10.9 Å². The maximum absolute atomic E-state index is 12.7. The zero-order chi connectivity index (χ0) is 17.3. The van der Waals surface area contributed by atoms with Crippen LogP contribution >= 0.6 is 11.6 Å². The lowest BCUT2D eigenvalue weighted by atomic mass is 10.1. The summed E-state index contributed by atoms with van der Waals surface area (Å²) in [7, 11) is 0. The number of nitrogens with one attached hydrogen (secondary N) is 1. The van der Waals surface area contributed by atoms with Gasteiger partial charge in [-0.3, -0.25) is 19.4 Å². The number of fused-ring (bicyclic) bond motifs is 1. The van der Waals surface area contributed by atoms with Crippen LogP contribution in [0.3, 0.4) is 0 Å². The minimum Gasteiger partial charge on any atom is -0.292 e. The highest BCUT2D eigenvalue weighted by Gasteiger charge is 2.10. The molecule has 0 aliphatic heterocycles. The monoisotopic (exact) mass is 343 g/mol. The summed E-state index contributed by atoms with van der Waals surface area (Å²) in [5.74, 6) is 0.00362. The lowest BCUT2D eigenvalue weighted by molar-refractivity contribution is 0.0706. The number of nitrogens with zero attached hydrogens (tertiary/aromatic N) is 2. The highest BCUT2D eigenvalue weighted by Crippen LogP contribution is 2.16. The molecule has 0 unspecified atom stereocenters. The van der Waals surface area contributed by atoms with Crippen LogP contribution in [0.5, 0.6) is 0 Å². The average Bonchev–Trinajstić information content (AvgIpc) is 2.59. The SMILES string of the molecule is Cc1nc2ccc(Cl)cc2c(=O)n1Cc1ccc(C(=O)NO)cc1. The Hall–Kier alpha value is -2.70. The highest BCUT2D eigenvalue weighted by atomic mass is 35.5. The van der Waals surface area contributed by atoms with Crippen LogP contribution in [0.1, 0.15) is 21.7 Å². The van der Waals surface area contributed by atoms with E-state index in [1.54, 1.807) is 59.4 Å². The molecule has 24 heavy (non-hydrogen) atoms. The van der Waals surface area contributed by atoms with E-state index in [1.807, 2.05) is 0 Å². The van der Waals surface area contributed by atoms with Crippen molar-refractivity contribution < 1.29 is 10.0 Å². The summed E-state index contributed by atoms with van der Waals surface area (Å²) in [5, 5.41) is 9.57. The molecule has 0 saturated heterocycles. The lowest BCUT2D eigenvalue weighted by Crippen LogP contribution is -2.24. The summed E-state index contributed by atoms with van der Waals surface area (Å²) in [5.41, 5.74) is 3.17. The van der Waals surface area contributed by atoms with E-state index in [0.717, 1.165) is 5.56 Å². The Morgan fingerprint density at radius 1 is 1.25 bits per heavy atom. The first-order chi connectivity index (χ1) is 11.5. The second-order valence-corrected chi connectivity index (χ2v) is 5.79. The van der Waals surface area contributed by atoms with Gasteiger partial charge in [-0.25, -0.2) is 10.5 Å². The van der Waals surface area contributed by atoms with Crippen molar-refractivity contribution in [2.24, 2.45) is 0 Å². The van der Waals surface area contributed by atoms with Gasteiger partial charge in [0.2, 0.25) is 0 Å². The summed E-state index contributed by atoms with van der Waals surface area (Å²) < 4.78 is 1.56. The largest absolute Gasteiger partial charge is 0.292 e. The molecule has 3 aromatic rings. The molecule has 0 aliphatic rings. The van der Waals surface area contributed by atoms with Crippen molar-refractivity contribution in [2.45, 2.75) is 13.5 Å². The van der Waals surface area contributed by atoms with Crippen molar-refractivity contribution in [3.63, 3.8) is 0 Å². The van der Waals surface area contributed by atoms with E-state index in [9.17, 15) is 9.59 Å². The minimum atomic E-state index is -0.586. The summed E-state index contributed by atoms with van der Waals surface area (Å²) in [4.78, 5) is 28.5. The second kappa shape index (κ2) is 6.43. The normalized spacial score (nSPS) is 10.8. The topological polar surface area (TPSA) is 84.2 Å². The van der Waals surface area contributed by atoms with E-state index in [1.165, 1.54) is 0 Å². The zero-order valence-corrected chi connectivity index (χ0v) is 13.5. The van der Waals surface area contributed by atoms with Crippen molar-refractivity contribution in [1.82, 2.24) is 15.0 Å². The van der Waals surface area contributed by atoms with Crippen molar-refractivity contribution in [3.05, 3.63) is 74.8 Å². The number of benzene rings is 2. The molecule has 1 aromatic heterocycles. The van der Waals surface area contributed by atoms with Gasteiger partial charge in [-0.1, -0.05) is 23.7 Å². The van der Waals surface area contributed by atoms with Gasteiger partial charge in [0, 0.05) is 10.6 Å². The molecule has 0 bridgehead atoms. The predicted octanol–water partition coefficient (Wildman–Crippen LogP) is 2.53. The number of rotatable bonds is 3. The first-order valence-corrected chi connectivity index (χ1v) is 7.57. The molecular weight excluding hydrogens is 330 g/mol. The Kier molecular flexibility index (Phi) is 4.33. The Morgan fingerprint density at radius 3 is 2.62 bits per heavy atom. The van der Waals surface area contributed by atoms with Crippen LogP contribution in [0, 0.1) is 6.92 Å². The number of aryl methyl sites for hydroxylation is 1. The van der Waals surface area contributed by atoms with Gasteiger partial charge < -0.3 is 0 Å². The van der Waals surface area contributed by atoms with Crippen molar-refractivity contribution in [2.75, 3.05) is 0 Å². The first-order valence-electron chi connectivity index (χ1n) is 7.19. The second-order valence-electron chi connectivity index (χ2n) is 5.35. The molecule has 0 fully saturated rings. The maximum atomic E-state index is 12.7. The molecule has 0 radical (unpaired) electrons. The van der Waals surface area contributed by atoms with Crippen LogP contribution in [0.2, 0.25) is 5.02 Å². The highest BCUT2D eigenvalue weighted by molar-refractivity contribution is 6.31. The molecule has 0 aliphatic carbocycles.